The van der Waals surface area contributed by atoms with Crippen LogP contribution in [-0.4, -0.2) is 17.1 Å². The van der Waals surface area contributed by atoms with E-state index >= 15 is 0 Å². The number of nitrogens with zero attached hydrogens (tertiary/aromatic N) is 1. The Morgan fingerprint density at radius 1 is 1.25 bits per heavy atom. The van der Waals surface area contributed by atoms with Gasteiger partial charge < -0.3 is 11.1 Å². The molecule has 3 nitrogen and oxygen atoms in total. The van der Waals surface area contributed by atoms with E-state index < -0.39 is 0 Å². The molecule has 0 spiro atoms. The number of anilines is 1. The van der Waals surface area contributed by atoms with Crippen molar-refractivity contribution in [2.75, 3.05) is 5.32 Å². The molecule has 2 aromatic rings. The molecule has 1 fully saturated rings. The zero-order chi connectivity index (χ0) is 11.0. The third-order valence-corrected chi connectivity index (χ3v) is 3.22. The maximum absolute atomic E-state index is 5.78. The van der Waals surface area contributed by atoms with Crippen molar-refractivity contribution in [3.63, 3.8) is 0 Å². The molecule has 3 rings (SSSR count). The van der Waals surface area contributed by atoms with Crippen LogP contribution < -0.4 is 11.1 Å². The molecule has 82 valence electrons. The van der Waals surface area contributed by atoms with E-state index in [0.717, 1.165) is 12.8 Å². The third kappa shape index (κ3) is 1.63. The molecular formula is C13H15N3. The molecule has 1 saturated carbocycles. The van der Waals surface area contributed by atoms with E-state index in [1.54, 1.807) is 0 Å². The minimum absolute atomic E-state index is 0.380. The highest BCUT2D eigenvalue weighted by molar-refractivity contribution is 5.93. The van der Waals surface area contributed by atoms with E-state index in [1.807, 2.05) is 18.5 Å². The fraction of sp³-hybridized carbons (Fsp3) is 0.308. The number of nitrogens with two attached hydrogens (primary N) is 1. The molecule has 1 heterocycles. The fourth-order valence-electron chi connectivity index (χ4n) is 2.24. The van der Waals surface area contributed by atoms with Crippen molar-refractivity contribution in [3.05, 3.63) is 36.7 Å². The zero-order valence-corrected chi connectivity index (χ0v) is 9.06. The minimum atomic E-state index is 0.380. The van der Waals surface area contributed by atoms with Gasteiger partial charge in [0.15, 0.2) is 0 Å². The Morgan fingerprint density at radius 2 is 2.12 bits per heavy atom. The van der Waals surface area contributed by atoms with Gasteiger partial charge in [0, 0.05) is 35.6 Å². The average molecular weight is 213 g/mol. The van der Waals surface area contributed by atoms with Gasteiger partial charge >= 0.3 is 0 Å². The van der Waals surface area contributed by atoms with Crippen LogP contribution in [0.15, 0.2) is 36.7 Å². The molecule has 1 aromatic carbocycles. The van der Waals surface area contributed by atoms with E-state index in [1.165, 1.54) is 16.5 Å². The SMILES string of the molecule is NC1CC(Nc2cccc3ccncc23)C1. The first-order valence-electron chi connectivity index (χ1n) is 5.68. The van der Waals surface area contributed by atoms with Crippen molar-refractivity contribution in [2.45, 2.75) is 24.9 Å². The summed E-state index contributed by atoms with van der Waals surface area (Å²) in [7, 11) is 0. The number of benzene rings is 1. The number of pyridine rings is 1. The van der Waals surface area contributed by atoms with Gasteiger partial charge in [-0.3, -0.25) is 4.98 Å². The lowest BCUT2D eigenvalue weighted by Crippen LogP contribution is -2.44. The number of hydrogen-bond donors (Lipinski definition) is 2. The average Bonchev–Trinajstić information content (AvgIpc) is 2.27. The highest BCUT2D eigenvalue weighted by Crippen LogP contribution is 2.27. The number of rotatable bonds is 2. The summed E-state index contributed by atoms with van der Waals surface area (Å²) < 4.78 is 0. The normalized spacial score (nSPS) is 24.1. The topological polar surface area (TPSA) is 50.9 Å². The van der Waals surface area contributed by atoms with Crippen molar-refractivity contribution in [1.82, 2.24) is 4.98 Å². The monoisotopic (exact) mass is 213 g/mol. The van der Waals surface area contributed by atoms with Crippen LogP contribution >= 0.6 is 0 Å². The highest BCUT2D eigenvalue weighted by atomic mass is 15.0. The summed E-state index contributed by atoms with van der Waals surface area (Å²) in [6.45, 7) is 0. The maximum Gasteiger partial charge on any atom is 0.0437 e. The van der Waals surface area contributed by atoms with Gasteiger partial charge in [-0.1, -0.05) is 12.1 Å². The largest absolute Gasteiger partial charge is 0.382 e. The van der Waals surface area contributed by atoms with Gasteiger partial charge in [0.2, 0.25) is 0 Å². The van der Waals surface area contributed by atoms with Crippen LogP contribution in [0.2, 0.25) is 0 Å². The summed E-state index contributed by atoms with van der Waals surface area (Å²) in [5, 5.41) is 5.94. The van der Waals surface area contributed by atoms with Crippen LogP contribution in [0.5, 0.6) is 0 Å². The van der Waals surface area contributed by atoms with Crippen LogP contribution in [0.3, 0.4) is 0 Å². The van der Waals surface area contributed by atoms with Crippen molar-refractivity contribution in [3.8, 4) is 0 Å². The van der Waals surface area contributed by atoms with Gasteiger partial charge in [0.25, 0.3) is 0 Å². The molecule has 3 heteroatoms. The molecule has 0 aliphatic heterocycles. The van der Waals surface area contributed by atoms with Crippen molar-refractivity contribution in [2.24, 2.45) is 5.73 Å². The molecule has 3 N–H and O–H groups in total. The quantitative estimate of drug-likeness (QED) is 0.803. The van der Waals surface area contributed by atoms with Crippen LogP contribution in [0, 0.1) is 0 Å². The van der Waals surface area contributed by atoms with Crippen LogP contribution in [0.1, 0.15) is 12.8 Å². The van der Waals surface area contributed by atoms with E-state index in [9.17, 15) is 0 Å². The van der Waals surface area contributed by atoms with Crippen molar-refractivity contribution >= 4 is 16.5 Å². The lowest BCUT2D eigenvalue weighted by molar-refractivity contribution is 0.374. The summed E-state index contributed by atoms with van der Waals surface area (Å²) in [5.74, 6) is 0. The highest BCUT2D eigenvalue weighted by Gasteiger charge is 2.25. The van der Waals surface area contributed by atoms with Gasteiger partial charge in [0.05, 0.1) is 0 Å². The molecule has 0 unspecified atom stereocenters. The van der Waals surface area contributed by atoms with Crippen molar-refractivity contribution < 1.29 is 0 Å². The Hall–Kier alpha value is -1.61. The Kier molecular flexibility index (Phi) is 2.26. The summed E-state index contributed by atoms with van der Waals surface area (Å²) in [5.41, 5.74) is 6.95. The lowest BCUT2D eigenvalue weighted by Gasteiger charge is -2.34. The molecule has 0 bridgehead atoms. The Balaban J connectivity index is 1.91. The smallest absolute Gasteiger partial charge is 0.0437 e. The first-order chi connectivity index (χ1) is 7.83. The molecular weight excluding hydrogens is 198 g/mol. The van der Waals surface area contributed by atoms with Gasteiger partial charge in [-0.25, -0.2) is 0 Å². The van der Waals surface area contributed by atoms with E-state index in [2.05, 4.69) is 28.5 Å². The summed E-state index contributed by atoms with van der Waals surface area (Å²) in [6, 6.07) is 9.23. The van der Waals surface area contributed by atoms with E-state index in [0.29, 0.717) is 12.1 Å². The summed E-state index contributed by atoms with van der Waals surface area (Å²) in [6.07, 6.45) is 5.87. The van der Waals surface area contributed by atoms with Gasteiger partial charge in [-0.15, -0.1) is 0 Å². The molecule has 1 aliphatic carbocycles. The number of aromatic nitrogens is 1. The minimum Gasteiger partial charge on any atom is -0.382 e. The summed E-state index contributed by atoms with van der Waals surface area (Å²) >= 11 is 0. The van der Waals surface area contributed by atoms with Gasteiger partial charge in [-0.05, 0) is 30.4 Å². The first kappa shape index (κ1) is 9.60. The molecule has 0 amide bonds. The van der Waals surface area contributed by atoms with Gasteiger partial charge in [-0.2, -0.15) is 0 Å². The molecule has 1 aliphatic rings. The second kappa shape index (κ2) is 3.76. The molecule has 0 saturated heterocycles. The van der Waals surface area contributed by atoms with E-state index in [-0.39, 0.29) is 0 Å². The second-order valence-corrected chi connectivity index (χ2v) is 4.48. The molecule has 1 aromatic heterocycles. The molecule has 0 radical (unpaired) electrons. The first-order valence-corrected chi connectivity index (χ1v) is 5.68. The second-order valence-electron chi connectivity index (χ2n) is 4.48. The Bertz CT molecular complexity index is 498. The van der Waals surface area contributed by atoms with Crippen molar-refractivity contribution in [1.29, 1.82) is 0 Å². The number of hydrogen-bond acceptors (Lipinski definition) is 3. The molecule has 0 atom stereocenters. The maximum atomic E-state index is 5.78. The fourth-order valence-corrected chi connectivity index (χ4v) is 2.24. The number of nitrogens with one attached hydrogen (secondary N) is 1. The van der Waals surface area contributed by atoms with Crippen LogP contribution in [0.25, 0.3) is 10.8 Å². The van der Waals surface area contributed by atoms with Crippen LogP contribution in [0.4, 0.5) is 5.69 Å². The molecule has 16 heavy (non-hydrogen) atoms. The predicted octanol–water partition coefficient (Wildman–Crippen LogP) is 2.14. The lowest BCUT2D eigenvalue weighted by atomic mass is 9.87. The third-order valence-electron chi connectivity index (χ3n) is 3.22. The van der Waals surface area contributed by atoms with E-state index in [4.69, 9.17) is 5.73 Å². The zero-order valence-electron chi connectivity index (χ0n) is 9.06. The van der Waals surface area contributed by atoms with Crippen LogP contribution in [-0.2, 0) is 0 Å². The number of fused-ring (bicyclic) bond motifs is 1. The van der Waals surface area contributed by atoms with Gasteiger partial charge in [0.1, 0.15) is 0 Å². The Morgan fingerprint density at radius 3 is 2.94 bits per heavy atom. The Labute approximate surface area is 94.7 Å². The predicted molar refractivity (Wildman–Crippen MR) is 66.4 cm³/mol. The standard InChI is InChI=1S/C13H15N3/c14-10-6-11(7-10)16-13-3-1-2-9-4-5-15-8-12(9)13/h1-5,8,10-11,16H,6-7,14H2. The summed E-state index contributed by atoms with van der Waals surface area (Å²) in [4.78, 5) is 4.17.